The molecule has 0 aliphatic rings. The second kappa shape index (κ2) is 5.18. The number of aromatic nitrogens is 1. The third-order valence-electron chi connectivity index (χ3n) is 2.36. The number of nitrogens with one attached hydrogen (secondary N) is 1. The first kappa shape index (κ1) is 11.9. The normalized spacial score (nSPS) is 9.83. The quantitative estimate of drug-likeness (QED) is 0.863. The van der Waals surface area contributed by atoms with Crippen LogP contribution in [-0.2, 0) is 0 Å². The number of carbonyl (C=O) groups is 1. The number of methoxy groups -OCH3 is 1. The fraction of sp³-hybridized carbons (Fsp3) is 0.0769. The summed E-state index contributed by atoms with van der Waals surface area (Å²) in [6, 6.07) is 12.1. The predicted octanol–water partition coefficient (Wildman–Crippen LogP) is 1.92. The molecular weight excluding hydrogens is 230 g/mol. The van der Waals surface area contributed by atoms with Crippen LogP contribution in [0.25, 0.3) is 0 Å². The van der Waals surface area contributed by atoms with Crippen molar-refractivity contribution in [1.29, 1.82) is 0 Å². The fourth-order valence-electron chi connectivity index (χ4n) is 1.51. The molecule has 0 atom stereocenters. The summed E-state index contributed by atoms with van der Waals surface area (Å²) in [7, 11) is 1.55. The number of hydrogen-bond acceptors (Lipinski definition) is 4. The van der Waals surface area contributed by atoms with E-state index in [9.17, 15) is 4.79 Å². The number of anilines is 2. The smallest absolute Gasteiger partial charge is 0.274 e. The van der Waals surface area contributed by atoms with Crippen LogP contribution in [0.4, 0.5) is 11.5 Å². The maximum Gasteiger partial charge on any atom is 0.274 e. The summed E-state index contributed by atoms with van der Waals surface area (Å²) < 4.78 is 5.15. The van der Waals surface area contributed by atoms with Gasteiger partial charge in [-0.3, -0.25) is 4.79 Å². The molecule has 92 valence electrons. The number of amides is 1. The van der Waals surface area contributed by atoms with E-state index in [2.05, 4.69) is 10.3 Å². The zero-order valence-corrected chi connectivity index (χ0v) is 9.88. The lowest BCUT2D eigenvalue weighted by Gasteiger charge is -2.09. The number of hydrogen-bond donors (Lipinski definition) is 2. The highest BCUT2D eigenvalue weighted by atomic mass is 16.5. The molecule has 18 heavy (non-hydrogen) atoms. The molecule has 2 rings (SSSR count). The standard InChI is InChI=1S/C13H13N3O2/c1-18-11-7-3-2-5-9(11)16-13(17)10-6-4-8-12(14)15-10/h2-8H,1H3,(H2,14,15)(H,16,17). The SMILES string of the molecule is COc1ccccc1NC(=O)c1cccc(N)n1. The summed E-state index contributed by atoms with van der Waals surface area (Å²) >= 11 is 0. The van der Waals surface area contributed by atoms with Crippen molar-refractivity contribution in [2.45, 2.75) is 0 Å². The summed E-state index contributed by atoms with van der Waals surface area (Å²) in [6.07, 6.45) is 0. The summed E-state index contributed by atoms with van der Waals surface area (Å²) in [5, 5.41) is 2.72. The minimum atomic E-state index is -0.327. The Kier molecular flexibility index (Phi) is 3.43. The molecule has 0 aliphatic carbocycles. The average molecular weight is 243 g/mol. The molecule has 0 saturated heterocycles. The number of ether oxygens (including phenoxy) is 1. The Balaban J connectivity index is 2.21. The first-order valence-corrected chi connectivity index (χ1v) is 5.37. The molecule has 0 radical (unpaired) electrons. The number of carbonyl (C=O) groups excluding carboxylic acids is 1. The molecule has 2 aromatic rings. The van der Waals surface area contributed by atoms with E-state index < -0.39 is 0 Å². The van der Waals surface area contributed by atoms with E-state index in [0.29, 0.717) is 17.3 Å². The van der Waals surface area contributed by atoms with Crippen LogP contribution in [0.1, 0.15) is 10.5 Å². The van der Waals surface area contributed by atoms with Crippen LogP contribution >= 0.6 is 0 Å². The lowest BCUT2D eigenvalue weighted by molar-refractivity contribution is 0.102. The van der Waals surface area contributed by atoms with Gasteiger partial charge in [-0.15, -0.1) is 0 Å². The molecular formula is C13H13N3O2. The molecule has 0 aliphatic heterocycles. The van der Waals surface area contributed by atoms with Crippen molar-refractivity contribution in [3.63, 3.8) is 0 Å². The molecule has 0 unspecified atom stereocenters. The number of benzene rings is 1. The Bertz CT molecular complexity index is 570. The molecule has 0 fully saturated rings. The highest BCUT2D eigenvalue weighted by molar-refractivity contribution is 6.03. The van der Waals surface area contributed by atoms with Crippen molar-refractivity contribution in [2.24, 2.45) is 0 Å². The fourth-order valence-corrected chi connectivity index (χ4v) is 1.51. The van der Waals surface area contributed by atoms with Crippen LogP contribution in [0.2, 0.25) is 0 Å². The highest BCUT2D eigenvalue weighted by Crippen LogP contribution is 2.23. The lowest BCUT2D eigenvalue weighted by atomic mass is 10.2. The molecule has 1 amide bonds. The van der Waals surface area contributed by atoms with Crippen molar-refractivity contribution in [1.82, 2.24) is 4.98 Å². The number of pyridine rings is 1. The van der Waals surface area contributed by atoms with Gasteiger partial charge in [-0.05, 0) is 24.3 Å². The summed E-state index contributed by atoms with van der Waals surface area (Å²) in [6.45, 7) is 0. The van der Waals surface area contributed by atoms with Crippen LogP contribution in [0.3, 0.4) is 0 Å². The number of para-hydroxylation sites is 2. The Morgan fingerprint density at radius 2 is 2.00 bits per heavy atom. The Hall–Kier alpha value is -2.56. The minimum absolute atomic E-state index is 0.265. The van der Waals surface area contributed by atoms with Crippen molar-refractivity contribution in [3.8, 4) is 5.75 Å². The Morgan fingerprint density at radius 3 is 2.72 bits per heavy atom. The molecule has 3 N–H and O–H groups in total. The van der Waals surface area contributed by atoms with Gasteiger partial charge >= 0.3 is 0 Å². The van der Waals surface area contributed by atoms with Crippen molar-refractivity contribution in [3.05, 3.63) is 48.2 Å². The average Bonchev–Trinajstić information content (AvgIpc) is 2.39. The van der Waals surface area contributed by atoms with Gasteiger partial charge in [0.15, 0.2) is 0 Å². The van der Waals surface area contributed by atoms with E-state index in [1.165, 1.54) is 0 Å². The largest absolute Gasteiger partial charge is 0.495 e. The van der Waals surface area contributed by atoms with Crippen molar-refractivity contribution >= 4 is 17.4 Å². The molecule has 0 saturated carbocycles. The van der Waals surface area contributed by atoms with Crippen LogP contribution in [-0.4, -0.2) is 18.0 Å². The van der Waals surface area contributed by atoms with Gasteiger partial charge in [-0.1, -0.05) is 18.2 Å². The van der Waals surface area contributed by atoms with Gasteiger partial charge in [-0.25, -0.2) is 4.98 Å². The minimum Gasteiger partial charge on any atom is -0.495 e. The zero-order chi connectivity index (χ0) is 13.0. The second-order valence-electron chi connectivity index (χ2n) is 3.60. The summed E-state index contributed by atoms with van der Waals surface area (Å²) in [5.74, 6) is 0.573. The molecule has 1 aromatic carbocycles. The van der Waals surface area contributed by atoms with Gasteiger partial charge in [0.2, 0.25) is 0 Å². The first-order chi connectivity index (χ1) is 8.70. The molecule has 1 heterocycles. The van der Waals surface area contributed by atoms with Gasteiger partial charge < -0.3 is 15.8 Å². The van der Waals surface area contributed by atoms with Gasteiger partial charge in [0.25, 0.3) is 5.91 Å². The number of nitrogens with two attached hydrogens (primary N) is 1. The topological polar surface area (TPSA) is 77.2 Å². The third-order valence-corrected chi connectivity index (χ3v) is 2.36. The van der Waals surface area contributed by atoms with Gasteiger partial charge in [0.05, 0.1) is 12.8 Å². The van der Waals surface area contributed by atoms with E-state index in [0.717, 1.165) is 0 Å². The Morgan fingerprint density at radius 1 is 1.22 bits per heavy atom. The van der Waals surface area contributed by atoms with Crippen LogP contribution < -0.4 is 15.8 Å². The molecule has 5 nitrogen and oxygen atoms in total. The predicted molar refractivity (Wildman–Crippen MR) is 69.6 cm³/mol. The maximum absolute atomic E-state index is 11.9. The zero-order valence-electron chi connectivity index (χ0n) is 9.88. The number of rotatable bonds is 3. The van der Waals surface area contributed by atoms with Crippen molar-refractivity contribution < 1.29 is 9.53 Å². The van der Waals surface area contributed by atoms with E-state index in [1.807, 2.05) is 12.1 Å². The van der Waals surface area contributed by atoms with Crippen molar-refractivity contribution in [2.75, 3.05) is 18.2 Å². The molecule has 5 heteroatoms. The third kappa shape index (κ3) is 2.57. The molecule has 0 bridgehead atoms. The van der Waals surface area contributed by atoms with E-state index >= 15 is 0 Å². The van der Waals surface area contributed by atoms with Gasteiger partial charge in [0, 0.05) is 0 Å². The molecule has 1 aromatic heterocycles. The second-order valence-corrected chi connectivity index (χ2v) is 3.60. The van der Waals surface area contributed by atoms with Crippen LogP contribution in [0.15, 0.2) is 42.5 Å². The number of nitrogen functional groups attached to an aromatic ring is 1. The summed E-state index contributed by atoms with van der Waals surface area (Å²) in [4.78, 5) is 15.9. The van der Waals surface area contributed by atoms with Gasteiger partial charge in [-0.2, -0.15) is 0 Å². The lowest BCUT2D eigenvalue weighted by Crippen LogP contribution is -2.14. The summed E-state index contributed by atoms with van der Waals surface area (Å²) in [5.41, 5.74) is 6.39. The monoisotopic (exact) mass is 243 g/mol. The Labute approximate surface area is 105 Å². The van der Waals surface area contributed by atoms with E-state index in [1.54, 1.807) is 37.4 Å². The van der Waals surface area contributed by atoms with Crippen LogP contribution in [0.5, 0.6) is 5.75 Å². The van der Waals surface area contributed by atoms with Gasteiger partial charge in [0.1, 0.15) is 17.3 Å². The van der Waals surface area contributed by atoms with E-state index in [-0.39, 0.29) is 11.6 Å². The van der Waals surface area contributed by atoms with E-state index in [4.69, 9.17) is 10.5 Å². The van der Waals surface area contributed by atoms with Crippen LogP contribution in [0, 0.1) is 0 Å². The highest BCUT2D eigenvalue weighted by Gasteiger charge is 2.10. The molecule has 0 spiro atoms. The maximum atomic E-state index is 11.9. The number of nitrogens with zero attached hydrogens (tertiary/aromatic N) is 1. The first-order valence-electron chi connectivity index (χ1n) is 5.37.